The van der Waals surface area contributed by atoms with E-state index < -0.39 is 5.54 Å². The summed E-state index contributed by atoms with van der Waals surface area (Å²) in [5.74, 6) is 0. The van der Waals surface area contributed by atoms with Crippen LogP contribution in [0.5, 0.6) is 0 Å². The molecule has 0 radical (unpaired) electrons. The molecular weight excluding hydrogens is 262 g/mol. The van der Waals surface area contributed by atoms with Crippen LogP contribution in [0.2, 0.25) is 0 Å². The van der Waals surface area contributed by atoms with Gasteiger partial charge in [-0.05, 0) is 27.2 Å². The molecule has 1 aromatic rings. The second-order valence-corrected chi connectivity index (χ2v) is 6.31. The molecule has 1 rings (SSSR count). The molecular formula is C13H23N3O2S. The fraction of sp³-hybridized carbons (Fsp3) is 0.692. The first kappa shape index (κ1) is 15.9. The summed E-state index contributed by atoms with van der Waals surface area (Å²) in [5.41, 5.74) is 0.446. The van der Waals surface area contributed by atoms with Crippen LogP contribution in [0, 0.1) is 13.8 Å². The Balaban J connectivity index is 2.47. The van der Waals surface area contributed by atoms with E-state index in [4.69, 9.17) is 0 Å². The Kier molecular flexibility index (Phi) is 5.75. The summed E-state index contributed by atoms with van der Waals surface area (Å²) in [5, 5.41) is 15.8. The van der Waals surface area contributed by atoms with E-state index in [2.05, 4.69) is 15.6 Å². The highest BCUT2D eigenvalue weighted by molar-refractivity contribution is 7.11. The molecule has 0 aliphatic rings. The highest BCUT2D eigenvalue weighted by atomic mass is 32.1. The molecule has 2 amide bonds. The van der Waals surface area contributed by atoms with Crippen LogP contribution >= 0.6 is 11.3 Å². The predicted molar refractivity (Wildman–Crippen MR) is 77.4 cm³/mol. The number of hydrogen-bond acceptors (Lipinski definition) is 4. The lowest BCUT2D eigenvalue weighted by molar-refractivity contribution is 0.163. The number of aliphatic hydroxyl groups is 1. The molecule has 0 saturated heterocycles. The van der Waals surface area contributed by atoms with Gasteiger partial charge in [-0.3, -0.25) is 0 Å². The lowest BCUT2D eigenvalue weighted by Crippen LogP contribution is -2.52. The number of aryl methyl sites for hydroxylation is 2. The normalized spacial score (nSPS) is 13.9. The van der Waals surface area contributed by atoms with Crippen molar-refractivity contribution in [3.63, 3.8) is 0 Å². The van der Waals surface area contributed by atoms with Crippen LogP contribution in [-0.4, -0.2) is 28.3 Å². The lowest BCUT2D eigenvalue weighted by Gasteiger charge is -2.28. The molecule has 0 aliphatic carbocycles. The number of carbonyl (C=O) groups excluding carboxylic acids is 1. The third kappa shape index (κ3) is 4.80. The molecule has 5 nitrogen and oxygen atoms in total. The number of nitrogens with one attached hydrogen (secondary N) is 2. The highest BCUT2D eigenvalue weighted by Crippen LogP contribution is 2.16. The van der Waals surface area contributed by atoms with Crippen molar-refractivity contribution in [1.29, 1.82) is 0 Å². The van der Waals surface area contributed by atoms with E-state index in [-0.39, 0.29) is 12.6 Å². The lowest BCUT2D eigenvalue weighted by atomic mass is 9.98. The molecule has 0 aliphatic heterocycles. The van der Waals surface area contributed by atoms with Crippen LogP contribution in [0.4, 0.5) is 4.79 Å². The Morgan fingerprint density at radius 1 is 1.47 bits per heavy atom. The second kappa shape index (κ2) is 6.86. The van der Waals surface area contributed by atoms with Gasteiger partial charge < -0.3 is 15.7 Å². The van der Waals surface area contributed by atoms with Gasteiger partial charge in [-0.2, -0.15) is 0 Å². The first-order valence-electron chi connectivity index (χ1n) is 6.50. The van der Waals surface area contributed by atoms with Crippen molar-refractivity contribution >= 4 is 17.4 Å². The Morgan fingerprint density at radius 2 is 2.16 bits per heavy atom. The Hall–Kier alpha value is -1.14. The maximum absolute atomic E-state index is 11.8. The summed E-state index contributed by atoms with van der Waals surface area (Å²) < 4.78 is 0. The van der Waals surface area contributed by atoms with Gasteiger partial charge >= 0.3 is 6.03 Å². The molecule has 1 heterocycles. The van der Waals surface area contributed by atoms with Crippen molar-refractivity contribution in [2.45, 2.75) is 52.6 Å². The SMILES string of the molecule is CCCC(C)(CO)NC(=O)NCc1nc(C)c(C)s1. The van der Waals surface area contributed by atoms with Gasteiger partial charge in [0.2, 0.25) is 0 Å². The quantitative estimate of drug-likeness (QED) is 0.749. The molecule has 0 aromatic carbocycles. The van der Waals surface area contributed by atoms with E-state index in [1.54, 1.807) is 11.3 Å². The third-order valence-electron chi connectivity index (χ3n) is 3.04. The highest BCUT2D eigenvalue weighted by Gasteiger charge is 2.24. The van der Waals surface area contributed by atoms with Gasteiger partial charge in [-0.1, -0.05) is 13.3 Å². The third-order valence-corrected chi connectivity index (χ3v) is 4.11. The van der Waals surface area contributed by atoms with E-state index in [1.165, 1.54) is 4.88 Å². The molecule has 108 valence electrons. The average Bonchev–Trinajstić information content (AvgIpc) is 2.67. The maximum atomic E-state index is 11.8. The zero-order valence-electron chi connectivity index (χ0n) is 12.0. The minimum absolute atomic E-state index is 0.0657. The number of urea groups is 1. The van der Waals surface area contributed by atoms with Crippen molar-refractivity contribution < 1.29 is 9.90 Å². The van der Waals surface area contributed by atoms with E-state index >= 15 is 0 Å². The van der Waals surface area contributed by atoms with Gasteiger partial charge in [0.25, 0.3) is 0 Å². The fourth-order valence-electron chi connectivity index (χ4n) is 1.82. The molecule has 0 bridgehead atoms. The fourth-order valence-corrected chi connectivity index (χ4v) is 2.70. The molecule has 6 heteroatoms. The molecule has 1 aromatic heterocycles. The maximum Gasteiger partial charge on any atom is 0.315 e. The molecule has 19 heavy (non-hydrogen) atoms. The molecule has 0 fully saturated rings. The topological polar surface area (TPSA) is 74.2 Å². The van der Waals surface area contributed by atoms with Gasteiger partial charge in [-0.25, -0.2) is 9.78 Å². The Bertz CT molecular complexity index is 414. The van der Waals surface area contributed by atoms with Gasteiger partial charge in [0.15, 0.2) is 0 Å². The molecule has 0 spiro atoms. The van der Waals surface area contributed by atoms with Crippen LogP contribution < -0.4 is 10.6 Å². The van der Waals surface area contributed by atoms with Crippen LogP contribution in [-0.2, 0) is 6.54 Å². The Labute approximate surface area is 118 Å². The van der Waals surface area contributed by atoms with Crippen LogP contribution in [0.3, 0.4) is 0 Å². The summed E-state index contributed by atoms with van der Waals surface area (Å²) >= 11 is 1.59. The van der Waals surface area contributed by atoms with Crippen molar-refractivity contribution in [1.82, 2.24) is 15.6 Å². The van der Waals surface area contributed by atoms with Crippen LogP contribution in [0.25, 0.3) is 0 Å². The minimum atomic E-state index is -0.562. The Morgan fingerprint density at radius 3 is 2.63 bits per heavy atom. The number of nitrogens with zero attached hydrogens (tertiary/aromatic N) is 1. The number of hydrogen-bond donors (Lipinski definition) is 3. The molecule has 3 N–H and O–H groups in total. The summed E-state index contributed by atoms with van der Waals surface area (Å²) in [4.78, 5) is 17.3. The summed E-state index contributed by atoms with van der Waals surface area (Å²) in [6, 6.07) is -0.268. The number of rotatable bonds is 6. The monoisotopic (exact) mass is 285 g/mol. The average molecular weight is 285 g/mol. The van der Waals surface area contributed by atoms with E-state index in [1.807, 2.05) is 27.7 Å². The summed E-state index contributed by atoms with van der Waals surface area (Å²) in [7, 11) is 0. The standard InChI is InChI=1S/C13H23N3O2S/c1-5-6-13(4,8-17)16-12(18)14-7-11-15-9(2)10(3)19-11/h17H,5-8H2,1-4H3,(H2,14,16,18). The first-order chi connectivity index (χ1) is 8.90. The summed E-state index contributed by atoms with van der Waals surface area (Å²) in [6.07, 6.45) is 1.65. The molecule has 1 atom stereocenters. The number of aromatic nitrogens is 1. The van der Waals surface area contributed by atoms with E-state index in [0.717, 1.165) is 23.5 Å². The number of thiazole rings is 1. The van der Waals surface area contributed by atoms with Crippen molar-refractivity contribution in [3.8, 4) is 0 Å². The van der Waals surface area contributed by atoms with Gasteiger partial charge in [0.05, 0.1) is 24.4 Å². The zero-order valence-corrected chi connectivity index (χ0v) is 12.9. The second-order valence-electron chi connectivity index (χ2n) is 5.03. The predicted octanol–water partition coefficient (Wildman–Crippen LogP) is 2.11. The van der Waals surface area contributed by atoms with Crippen molar-refractivity contribution in [2.24, 2.45) is 0 Å². The number of carbonyl (C=O) groups is 1. The zero-order chi connectivity index (χ0) is 14.5. The number of amides is 2. The van der Waals surface area contributed by atoms with Crippen LogP contribution in [0.1, 0.15) is 42.3 Å². The van der Waals surface area contributed by atoms with Crippen molar-refractivity contribution in [3.05, 3.63) is 15.6 Å². The number of aliphatic hydroxyl groups excluding tert-OH is 1. The minimum Gasteiger partial charge on any atom is -0.394 e. The van der Waals surface area contributed by atoms with E-state index in [9.17, 15) is 9.90 Å². The van der Waals surface area contributed by atoms with Gasteiger partial charge in [0, 0.05) is 4.88 Å². The largest absolute Gasteiger partial charge is 0.394 e. The smallest absolute Gasteiger partial charge is 0.315 e. The van der Waals surface area contributed by atoms with E-state index in [0.29, 0.717) is 6.54 Å². The molecule has 0 saturated carbocycles. The molecule has 1 unspecified atom stereocenters. The summed E-state index contributed by atoms with van der Waals surface area (Å²) in [6.45, 7) is 8.19. The van der Waals surface area contributed by atoms with Gasteiger partial charge in [0.1, 0.15) is 5.01 Å². The van der Waals surface area contributed by atoms with Crippen molar-refractivity contribution in [2.75, 3.05) is 6.61 Å². The first-order valence-corrected chi connectivity index (χ1v) is 7.31. The van der Waals surface area contributed by atoms with Crippen LogP contribution in [0.15, 0.2) is 0 Å². The van der Waals surface area contributed by atoms with Gasteiger partial charge in [-0.15, -0.1) is 11.3 Å².